The predicted molar refractivity (Wildman–Crippen MR) is 88.8 cm³/mol. The van der Waals surface area contributed by atoms with E-state index in [0.717, 1.165) is 29.9 Å². The highest BCUT2D eigenvalue weighted by molar-refractivity contribution is 5.44. The van der Waals surface area contributed by atoms with Gasteiger partial charge in [0.15, 0.2) is 11.5 Å². The lowest BCUT2D eigenvalue weighted by Crippen LogP contribution is -2.52. The number of aliphatic hydroxyl groups is 1. The fourth-order valence-corrected chi connectivity index (χ4v) is 4.25. The summed E-state index contributed by atoms with van der Waals surface area (Å²) in [5.41, 5.74) is 0.871. The Morgan fingerprint density at radius 2 is 1.83 bits per heavy atom. The summed E-state index contributed by atoms with van der Waals surface area (Å²) < 4.78 is 17.3. The average Bonchev–Trinajstić information content (AvgIpc) is 2.54. The van der Waals surface area contributed by atoms with Gasteiger partial charge in [0.05, 0.1) is 32.0 Å². The first-order valence-electron chi connectivity index (χ1n) is 8.45. The number of fused-ring (bicyclic) bond motifs is 2. The highest BCUT2D eigenvalue weighted by Crippen LogP contribution is 2.53. The normalized spacial score (nSPS) is 35.7. The number of aliphatic hydroxyl groups excluding tert-OH is 1. The number of hydrogen-bond donors (Lipinski definition) is 1. The summed E-state index contributed by atoms with van der Waals surface area (Å²) in [7, 11) is 3.29. The first-order chi connectivity index (χ1) is 10.9. The molecule has 1 saturated carbocycles. The van der Waals surface area contributed by atoms with Gasteiger partial charge in [-0.3, -0.25) is 0 Å². The van der Waals surface area contributed by atoms with Crippen molar-refractivity contribution in [3.63, 3.8) is 0 Å². The minimum atomic E-state index is -0.246. The Morgan fingerprint density at radius 1 is 1.13 bits per heavy atom. The number of benzene rings is 1. The largest absolute Gasteiger partial charge is 0.493 e. The standard InChI is InChI=1S/C19H28O4/c1-11-14-9-13(10-15(11)20)19(2,3)23-18(14)12-6-7-16(21-4)17(8-12)22-5/h6-8,11,13-15,18,20H,9-10H2,1-5H3/t11-,13?,14?,15-,18-/m0/s1. The molecule has 1 aliphatic heterocycles. The van der Waals surface area contributed by atoms with Gasteiger partial charge < -0.3 is 19.3 Å². The molecule has 0 aromatic heterocycles. The van der Waals surface area contributed by atoms with E-state index in [1.807, 2.05) is 12.1 Å². The van der Waals surface area contributed by atoms with Crippen LogP contribution in [0.25, 0.3) is 0 Å². The van der Waals surface area contributed by atoms with Gasteiger partial charge in [-0.15, -0.1) is 0 Å². The topological polar surface area (TPSA) is 47.9 Å². The molecule has 4 heteroatoms. The maximum Gasteiger partial charge on any atom is 0.161 e. The summed E-state index contributed by atoms with van der Waals surface area (Å²) in [6, 6.07) is 5.99. The molecule has 2 bridgehead atoms. The Hall–Kier alpha value is -1.26. The van der Waals surface area contributed by atoms with Gasteiger partial charge in [0.25, 0.3) is 0 Å². The SMILES string of the molecule is COc1ccc([C@@H]2OC(C)(C)C3CC2[C@H](C)[C@@H](O)C3)cc1OC. The molecule has 128 valence electrons. The van der Waals surface area contributed by atoms with E-state index in [9.17, 15) is 5.11 Å². The lowest BCUT2D eigenvalue weighted by atomic mass is 9.63. The molecule has 1 aromatic rings. The summed E-state index contributed by atoms with van der Waals surface area (Å²) in [6.07, 6.45) is 1.67. The monoisotopic (exact) mass is 320 g/mol. The van der Waals surface area contributed by atoms with Gasteiger partial charge in [-0.1, -0.05) is 13.0 Å². The van der Waals surface area contributed by atoms with Crippen LogP contribution in [-0.4, -0.2) is 31.0 Å². The second kappa shape index (κ2) is 5.99. The van der Waals surface area contributed by atoms with Crippen LogP contribution >= 0.6 is 0 Å². The molecular weight excluding hydrogens is 292 g/mol. The molecule has 0 amide bonds. The molecule has 0 spiro atoms. The van der Waals surface area contributed by atoms with Crippen molar-refractivity contribution in [3.8, 4) is 11.5 Å². The van der Waals surface area contributed by atoms with Crippen molar-refractivity contribution >= 4 is 0 Å². The summed E-state index contributed by atoms with van der Waals surface area (Å²) in [6.45, 7) is 6.43. The minimum Gasteiger partial charge on any atom is -0.493 e. The second-order valence-electron chi connectivity index (χ2n) is 7.51. The van der Waals surface area contributed by atoms with Crippen LogP contribution in [0, 0.1) is 17.8 Å². The first kappa shape index (κ1) is 16.6. The summed E-state index contributed by atoms with van der Waals surface area (Å²) in [4.78, 5) is 0. The first-order valence-corrected chi connectivity index (χ1v) is 8.45. The third kappa shape index (κ3) is 2.83. The van der Waals surface area contributed by atoms with Gasteiger partial charge in [0.1, 0.15) is 0 Å². The van der Waals surface area contributed by atoms with Gasteiger partial charge in [0.2, 0.25) is 0 Å². The quantitative estimate of drug-likeness (QED) is 0.925. The van der Waals surface area contributed by atoms with Crippen molar-refractivity contribution in [1.29, 1.82) is 0 Å². The van der Waals surface area contributed by atoms with Crippen LogP contribution < -0.4 is 9.47 Å². The van der Waals surface area contributed by atoms with E-state index in [-0.39, 0.29) is 23.7 Å². The van der Waals surface area contributed by atoms with Gasteiger partial charge in [-0.25, -0.2) is 0 Å². The zero-order valence-electron chi connectivity index (χ0n) is 14.7. The number of rotatable bonds is 3. The van der Waals surface area contributed by atoms with E-state index in [4.69, 9.17) is 14.2 Å². The molecule has 2 unspecified atom stereocenters. The maximum atomic E-state index is 10.5. The molecule has 0 radical (unpaired) electrons. The lowest BCUT2D eigenvalue weighted by molar-refractivity contribution is -0.215. The van der Waals surface area contributed by atoms with Crippen LogP contribution in [0.4, 0.5) is 0 Å². The number of hydrogen-bond acceptors (Lipinski definition) is 4. The smallest absolute Gasteiger partial charge is 0.161 e. The zero-order chi connectivity index (χ0) is 16.8. The van der Waals surface area contributed by atoms with Crippen LogP contribution in [0.15, 0.2) is 18.2 Å². The Morgan fingerprint density at radius 3 is 2.48 bits per heavy atom. The third-order valence-electron chi connectivity index (χ3n) is 5.90. The third-order valence-corrected chi connectivity index (χ3v) is 5.90. The Balaban J connectivity index is 1.97. The van der Waals surface area contributed by atoms with Gasteiger partial charge in [0, 0.05) is 0 Å². The van der Waals surface area contributed by atoms with Crippen molar-refractivity contribution in [2.75, 3.05) is 14.2 Å². The predicted octanol–water partition coefficient (Wildman–Crippen LogP) is 3.58. The van der Waals surface area contributed by atoms with Crippen molar-refractivity contribution in [2.24, 2.45) is 17.8 Å². The molecule has 4 nitrogen and oxygen atoms in total. The van der Waals surface area contributed by atoms with Crippen LogP contribution in [0.1, 0.15) is 45.3 Å². The minimum absolute atomic E-state index is 0.0222. The molecule has 2 fully saturated rings. The summed E-state index contributed by atoms with van der Waals surface area (Å²) >= 11 is 0. The summed E-state index contributed by atoms with van der Waals surface area (Å²) in [5, 5.41) is 10.5. The van der Waals surface area contributed by atoms with E-state index in [2.05, 4.69) is 26.8 Å². The van der Waals surface area contributed by atoms with E-state index in [1.165, 1.54) is 0 Å². The highest BCUT2D eigenvalue weighted by atomic mass is 16.5. The van der Waals surface area contributed by atoms with E-state index >= 15 is 0 Å². The van der Waals surface area contributed by atoms with Crippen LogP contribution in [0.5, 0.6) is 11.5 Å². The van der Waals surface area contributed by atoms with E-state index in [1.54, 1.807) is 14.2 Å². The zero-order valence-corrected chi connectivity index (χ0v) is 14.7. The molecule has 5 atom stereocenters. The van der Waals surface area contributed by atoms with E-state index < -0.39 is 0 Å². The second-order valence-corrected chi connectivity index (χ2v) is 7.51. The molecular formula is C19H28O4. The molecule has 1 saturated heterocycles. The molecule has 2 aliphatic rings. The molecule has 1 N–H and O–H groups in total. The van der Waals surface area contributed by atoms with E-state index in [0.29, 0.717) is 11.8 Å². The van der Waals surface area contributed by atoms with Crippen LogP contribution in [-0.2, 0) is 4.74 Å². The van der Waals surface area contributed by atoms with Crippen LogP contribution in [0.3, 0.4) is 0 Å². The molecule has 23 heavy (non-hydrogen) atoms. The number of ether oxygens (including phenoxy) is 3. The van der Waals surface area contributed by atoms with Gasteiger partial charge in [-0.2, -0.15) is 0 Å². The maximum absolute atomic E-state index is 10.5. The fraction of sp³-hybridized carbons (Fsp3) is 0.684. The van der Waals surface area contributed by atoms with Crippen molar-refractivity contribution in [2.45, 2.75) is 51.4 Å². The van der Waals surface area contributed by atoms with Crippen LogP contribution in [0.2, 0.25) is 0 Å². The molecule has 1 aromatic carbocycles. The Bertz CT molecular complexity index is 568. The average molecular weight is 320 g/mol. The van der Waals surface area contributed by atoms with Crippen molar-refractivity contribution in [3.05, 3.63) is 23.8 Å². The molecule has 1 heterocycles. The molecule has 1 aliphatic carbocycles. The van der Waals surface area contributed by atoms with Gasteiger partial charge in [-0.05, 0) is 62.1 Å². The highest BCUT2D eigenvalue weighted by Gasteiger charge is 2.50. The van der Waals surface area contributed by atoms with Gasteiger partial charge >= 0.3 is 0 Å². The Kier molecular flexibility index (Phi) is 4.32. The fourth-order valence-electron chi connectivity index (χ4n) is 4.25. The Labute approximate surface area is 138 Å². The lowest BCUT2D eigenvalue weighted by Gasteiger charge is -2.53. The molecule has 3 rings (SSSR count). The van der Waals surface area contributed by atoms with Crippen molar-refractivity contribution in [1.82, 2.24) is 0 Å². The number of methoxy groups -OCH3 is 2. The summed E-state index contributed by atoms with van der Waals surface area (Å²) in [5.74, 6) is 2.42. The van der Waals surface area contributed by atoms with Crippen molar-refractivity contribution < 1.29 is 19.3 Å².